The van der Waals surface area contributed by atoms with Crippen molar-refractivity contribution in [3.8, 4) is 23.4 Å². The average Bonchev–Trinajstić information content (AvgIpc) is 3.31. The number of nitrogens with one attached hydrogen (secondary N) is 2. The van der Waals surface area contributed by atoms with Crippen LogP contribution in [0.5, 0.6) is 0 Å². The predicted molar refractivity (Wildman–Crippen MR) is 127 cm³/mol. The van der Waals surface area contributed by atoms with Gasteiger partial charge in [-0.05, 0) is 31.7 Å². The molecule has 192 valence electrons. The van der Waals surface area contributed by atoms with Crippen molar-refractivity contribution in [1.29, 1.82) is 10.5 Å². The van der Waals surface area contributed by atoms with Crippen LogP contribution < -0.4 is 11.1 Å². The maximum absolute atomic E-state index is 13.2. The highest BCUT2D eigenvalue weighted by molar-refractivity contribution is 5.94. The molecule has 0 unspecified atom stereocenters. The summed E-state index contributed by atoms with van der Waals surface area (Å²) in [5.74, 6) is 0.179. The molecule has 0 spiro atoms. The second-order valence-electron chi connectivity index (χ2n) is 8.95. The van der Waals surface area contributed by atoms with Crippen molar-refractivity contribution in [2.24, 2.45) is 11.7 Å². The Morgan fingerprint density at radius 3 is 2.68 bits per heavy atom. The molecule has 3 aromatic heterocycles. The summed E-state index contributed by atoms with van der Waals surface area (Å²) < 4.78 is 39.7. The Bertz CT molecular complexity index is 1380. The van der Waals surface area contributed by atoms with Crippen LogP contribution in [-0.4, -0.2) is 55.9 Å². The lowest BCUT2D eigenvalue weighted by Crippen LogP contribution is -2.48. The number of nitriles is 2. The first-order chi connectivity index (χ1) is 17.6. The van der Waals surface area contributed by atoms with Gasteiger partial charge in [-0.3, -0.25) is 4.79 Å². The fourth-order valence-electron chi connectivity index (χ4n) is 4.45. The average molecular weight is 512 g/mol. The quantitative estimate of drug-likeness (QED) is 0.455. The number of pyridine rings is 1. The number of rotatable bonds is 6. The summed E-state index contributed by atoms with van der Waals surface area (Å²) >= 11 is 0. The molecule has 0 radical (unpaired) electrons. The molecule has 1 saturated heterocycles. The van der Waals surface area contributed by atoms with E-state index in [0.717, 1.165) is 12.3 Å². The number of hydrogen-bond acceptors (Lipinski definition) is 8. The number of hydrogen-bond donors (Lipinski definition) is 3. The van der Waals surface area contributed by atoms with Gasteiger partial charge in [-0.1, -0.05) is 0 Å². The molecule has 1 aliphatic heterocycles. The summed E-state index contributed by atoms with van der Waals surface area (Å²) in [6.45, 7) is 2.98. The minimum absolute atomic E-state index is 0.0287. The zero-order valence-electron chi connectivity index (χ0n) is 19.9. The lowest BCUT2D eigenvalue weighted by molar-refractivity contribution is -0.137. The second-order valence-corrected chi connectivity index (χ2v) is 8.95. The van der Waals surface area contributed by atoms with Crippen molar-refractivity contribution in [1.82, 2.24) is 24.8 Å². The number of fused-ring (bicyclic) bond motifs is 1. The van der Waals surface area contributed by atoms with E-state index in [1.54, 1.807) is 4.90 Å². The smallest absolute Gasteiger partial charge is 0.351 e. The van der Waals surface area contributed by atoms with Gasteiger partial charge in [0, 0.05) is 42.5 Å². The Labute approximate surface area is 210 Å². The van der Waals surface area contributed by atoms with Crippen LogP contribution in [0, 0.1) is 28.6 Å². The van der Waals surface area contributed by atoms with Crippen molar-refractivity contribution in [2.45, 2.75) is 44.4 Å². The van der Waals surface area contributed by atoms with Crippen molar-refractivity contribution in [3.05, 3.63) is 35.8 Å². The number of anilines is 1. The number of H-pyrrole nitrogens is 1. The maximum Gasteiger partial charge on any atom is 0.417 e. The van der Waals surface area contributed by atoms with Gasteiger partial charge in [0.15, 0.2) is 0 Å². The molecular weight excluding hydrogens is 487 g/mol. The van der Waals surface area contributed by atoms with Crippen LogP contribution in [0.25, 0.3) is 22.3 Å². The number of halogens is 3. The summed E-state index contributed by atoms with van der Waals surface area (Å²) in [5.41, 5.74) is 5.71. The van der Waals surface area contributed by atoms with Crippen LogP contribution in [0.15, 0.2) is 24.7 Å². The largest absolute Gasteiger partial charge is 0.417 e. The van der Waals surface area contributed by atoms with E-state index in [0.29, 0.717) is 31.5 Å². The summed E-state index contributed by atoms with van der Waals surface area (Å²) in [4.78, 5) is 29.4. The number of alkyl halides is 3. The van der Waals surface area contributed by atoms with Gasteiger partial charge in [0.2, 0.25) is 11.9 Å². The number of carbonyl (C=O) groups is 1. The third kappa shape index (κ3) is 5.47. The molecule has 4 rings (SSSR count). The van der Waals surface area contributed by atoms with Crippen LogP contribution in [0.2, 0.25) is 0 Å². The molecule has 10 nitrogen and oxygen atoms in total. The molecule has 3 aromatic rings. The van der Waals surface area contributed by atoms with Gasteiger partial charge in [-0.25, -0.2) is 15.0 Å². The summed E-state index contributed by atoms with van der Waals surface area (Å²) in [6, 6.07) is 3.97. The van der Waals surface area contributed by atoms with Gasteiger partial charge in [0.05, 0.1) is 41.5 Å². The highest BCUT2D eigenvalue weighted by Crippen LogP contribution is 2.35. The monoisotopic (exact) mass is 511 g/mol. The first-order valence-electron chi connectivity index (χ1n) is 11.6. The van der Waals surface area contributed by atoms with E-state index in [1.807, 2.05) is 19.1 Å². The zero-order chi connectivity index (χ0) is 26.7. The number of amides is 1. The van der Waals surface area contributed by atoms with E-state index < -0.39 is 17.8 Å². The van der Waals surface area contributed by atoms with E-state index in [9.17, 15) is 23.2 Å². The Kier molecular flexibility index (Phi) is 7.27. The zero-order valence-corrected chi connectivity index (χ0v) is 19.9. The molecule has 1 aliphatic rings. The lowest BCUT2D eigenvalue weighted by atomic mass is 9.90. The van der Waals surface area contributed by atoms with Crippen LogP contribution >= 0.6 is 0 Å². The highest BCUT2D eigenvalue weighted by Gasteiger charge is 2.32. The summed E-state index contributed by atoms with van der Waals surface area (Å²) in [6.07, 6.45) is 0.362. The molecule has 0 bridgehead atoms. The number of nitrogens with two attached hydrogens (primary N) is 1. The summed E-state index contributed by atoms with van der Waals surface area (Å²) in [7, 11) is 0. The number of carbonyl (C=O) groups excluding carboxylic acids is 1. The van der Waals surface area contributed by atoms with E-state index >= 15 is 0 Å². The molecule has 4 heterocycles. The van der Waals surface area contributed by atoms with Crippen molar-refractivity contribution >= 4 is 22.9 Å². The van der Waals surface area contributed by atoms with Crippen molar-refractivity contribution in [3.63, 3.8) is 0 Å². The fourth-order valence-corrected chi connectivity index (χ4v) is 4.45. The van der Waals surface area contributed by atoms with Gasteiger partial charge >= 0.3 is 6.18 Å². The fraction of sp³-hybridized carbons (Fsp3) is 0.417. The third-order valence-electron chi connectivity index (χ3n) is 6.57. The first kappa shape index (κ1) is 25.9. The Hall–Kier alpha value is -4.23. The van der Waals surface area contributed by atoms with Crippen LogP contribution in [0.1, 0.15) is 37.3 Å². The minimum Gasteiger partial charge on any atom is -0.351 e. The molecule has 4 N–H and O–H groups in total. The highest BCUT2D eigenvalue weighted by atomic mass is 19.4. The van der Waals surface area contributed by atoms with Gasteiger partial charge < -0.3 is 20.9 Å². The van der Waals surface area contributed by atoms with Crippen LogP contribution in [0.3, 0.4) is 0 Å². The topological polar surface area (TPSA) is 160 Å². The number of aromatic amines is 1. The number of likely N-dealkylation sites (tertiary alicyclic amines) is 1. The van der Waals surface area contributed by atoms with E-state index in [4.69, 9.17) is 11.0 Å². The van der Waals surface area contributed by atoms with Crippen molar-refractivity contribution < 1.29 is 18.0 Å². The number of nitrogens with zero attached hydrogens (tertiary/aromatic N) is 6. The molecule has 13 heteroatoms. The lowest BCUT2D eigenvalue weighted by Gasteiger charge is -2.36. The van der Waals surface area contributed by atoms with Crippen LogP contribution in [-0.2, 0) is 11.0 Å². The molecule has 0 aliphatic carbocycles. The molecule has 1 fully saturated rings. The van der Waals surface area contributed by atoms with E-state index in [-0.39, 0.29) is 52.5 Å². The Morgan fingerprint density at radius 2 is 2.03 bits per heavy atom. The molecule has 0 aromatic carbocycles. The van der Waals surface area contributed by atoms with Gasteiger partial charge in [0.25, 0.3) is 0 Å². The SMILES string of the molecule is C[C@@H](Nc1ncc(C#N)c(-c2c[nH]c3ncc(C(F)(F)F)cc23)n1)C1CCN(C(=O)[C@H](N)CC#N)CC1. The van der Waals surface area contributed by atoms with E-state index in [1.165, 1.54) is 12.4 Å². The molecular formula is C24H24F3N9O. The van der Waals surface area contributed by atoms with Crippen LogP contribution in [0.4, 0.5) is 19.1 Å². The second kappa shape index (κ2) is 10.4. The summed E-state index contributed by atoms with van der Waals surface area (Å²) in [5, 5.41) is 21.8. The third-order valence-corrected chi connectivity index (χ3v) is 6.57. The minimum atomic E-state index is -4.57. The molecule has 1 amide bonds. The Balaban J connectivity index is 1.52. The number of piperidine rings is 1. The molecule has 37 heavy (non-hydrogen) atoms. The maximum atomic E-state index is 13.2. The van der Waals surface area contributed by atoms with Gasteiger partial charge in [-0.15, -0.1) is 0 Å². The van der Waals surface area contributed by atoms with E-state index in [2.05, 4.69) is 25.3 Å². The van der Waals surface area contributed by atoms with Gasteiger partial charge in [0.1, 0.15) is 11.7 Å². The van der Waals surface area contributed by atoms with Crippen molar-refractivity contribution in [2.75, 3.05) is 18.4 Å². The molecule has 2 atom stereocenters. The standard InChI is InChI=1S/C24H24F3N9O/c1-13(14-3-6-36(7-4-14)22(37)19(30)2-5-28)34-23-33-10-15(9-29)20(35-23)18-12-32-21-17(18)8-16(11-31-21)24(25,26)27/h8,10-14,19H,2-4,6-7,30H2,1H3,(H,31,32)(H,33,34,35)/t13-,19-/m1/s1. The van der Waals surface area contributed by atoms with Gasteiger partial charge in [-0.2, -0.15) is 23.7 Å². The Morgan fingerprint density at radius 1 is 1.30 bits per heavy atom. The molecule has 0 saturated carbocycles. The predicted octanol–water partition coefficient (Wildman–Crippen LogP) is 3.19. The number of aromatic nitrogens is 4. The normalized spacial score (nSPS) is 16.1. The first-order valence-corrected chi connectivity index (χ1v) is 11.6.